The van der Waals surface area contributed by atoms with Crippen molar-refractivity contribution in [2.45, 2.75) is 38.3 Å². The van der Waals surface area contributed by atoms with Crippen molar-refractivity contribution in [2.75, 3.05) is 26.7 Å². The standard InChI is InChI=1S/C22H26N4O/c1-15-7-8-16-5-3-4-6-18(16)19(15)13-26-12-11-25(2)20(14-26)22-23-21(24-27-22)17-9-10-17/h3-8,17,20H,9-14H2,1-2H3. The smallest absolute Gasteiger partial charge is 0.245 e. The van der Waals surface area contributed by atoms with Gasteiger partial charge in [-0.25, -0.2) is 0 Å². The van der Waals surface area contributed by atoms with E-state index >= 15 is 0 Å². The minimum Gasteiger partial charge on any atom is -0.338 e. The number of nitrogens with zero attached hydrogens (tertiary/aromatic N) is 4. The Morgan fingerprint density at radius 3 is 2.81 bits per heavy atom. The van der Waals surface area contributed by atoms with Crippen molar-refractivity contribution in [1.82, 2.24) is 19.9 Å². The molecule has 1 aromatic heterocycles. The highest BCUT2D eigenvalue weighted by atomic mass is 16.5. The van der Waals surface area contributed by atoms with E-state index in [9.17, 15) is 0 Å². The maximum absolute atomic E-state index is 5.64. The van der Waals surface area contributed by atoms with Crippen LogP contribution < -0.4 is 0 Å². The molecule has 5 rings (SSSR count). The number of benzene rings is 2. The number of rotatable bonds is 4. The van der Waals surface area contributed by atoms with Crippen LogP contribution in [0.3, 0.4) is 0 Å². The monoisotopic (exact) mass is 362 g/mol. The third-order valence-corrected chi connectivity index (χ3v) is 6.07. The lowest BCUT2D eigenvalue weighted by atomic mass is 9.98. The van der Waals surface area contributed by atoms with Crippen molar-refractivity contribution in [3.8, 4) is 0 Å². The van der Waals surface area contributed by atoms with Gasteiger partial charge in [-0.1, -0.05) is 41.6 Å². The number of hydrogen-bond donors (Lipinski definition) is 0. The lowest BCUT2D eigenvalue weighted by Gasteiger charge is -2.38. The summed E-state index contributed by atoms with van der Waals surface area (Å²) in [5.74, 6) is 2.21. The van der Waals surface area contributed by atoms with Gasteiger partial charge in [-0.3, -0.25) is 9.80 Å². The first-order chi connectivity index (χ1) is 13.2. The zero-order valence-electron chi connectivity index (χ0n) is 16.1. The van der Waals surface area contributed by atoms with E-state index in [1.165, 1.54) is 34.7 Å². The molecule has 3 aromatic rings. The van der Waals surface area contributed by atoms with E-state index < -0.39 is 0 Å². The summed E-state index contributed by atoms with van der Waals surface area (Å²) in [6.45, 7) is 6.16. The summed E-state index contributed by atoms with van der Waals surface area (Å²) in [7, 11) is 2.16. The molecule has 140 valence electrons. The molecular formula is C22H26N4O. The summed E-state index contributed by atoms with van der Waals surface area (Å²) < 4.78 is 5.64. The molecule has 0 bridgehead atoms. The van der Waals surface area contributed by atoms with Crippen LogP contribution in [0.5, 0.6) is 0 Å². The Morgan fingerprint density at radius 2 is 1.96 bits per heavy atom. The van der Waals surface area contributed by atoms with Crippen LogP contribution in [0.15, 0.2) is 40.9 Å². The van der Waals surface area contributed by atoms with Crippen LogP contribution in [0.4, 0.5) is 0 Å². The lowest BCUT2D eigenvalue weighted by Crippen LogP contribution is -2.46. The molecule has 2 aliphatic rings. The van der Waals surface area contributed by atoms with E-state index in [-0.39, 0.29) is 6.04 Å². The molecule has 1 aliphatic carbocycles. The zero-order chi connectivity index (χ0) is 18.4. The van der Waals surface area contributed by atoms with Gasteiger partial charge in [-0.2, -0.15) is 4.98 Å². The zero-order valence-corrected chi connectivity index (χ0v) is 16.1. The van der Waals surface area contributed by atoms with Crippen molar-refractivity contribution in [3.05, 3.63) is 59.2 Å². The third-order valence-electron chi connectivity index (χ3n) is 6.07. The third kappa shape index (κ3) is 3.26. The molecule has 1 unspecified atom stereocenters. The van der Waals surface area contributed by atoms with Crippen molar-refractivity contribution in [3.63, 3.8) is 0 Å². The van der Waals surface area contributed by atoms with Gasteiger partial charge in [0.2, 0.25) is 5.89 Å². The number of aryl methyl sites for hydroxylation is 1. The van der Waals surface area contributed by atoms with Crippen molar-refractivity contribution in [2.24, 2.45) is 0 Å². The van der Waals surface area contributed by atoms with E-state index in [1.54, 1.807) is 0 Å². The van der Waals surface area contributed by atoms with E-state index in [4.69, 9.17) is 9.51 Å². The first kappa shape index (κ1) is 16.9. The van der Waals surface area contributed by atoms with E-state index in [0.717, 1.165) is 37.9 Å². The van der Waals surface area contributed by atoms with Crippen molar-refractivity contribution in [1.29, 1.82) is 0 Å². The predicted octanol–water partition coefficient (Wildman–Crippen LogP) is 3.90. The number of aromatic nitrogens is 2. The summed E-state index contributed by atoms with van der Waals surface area (Å²) in [6, 6.07) is 13.3. The van der Waals surface area contributed by atoms with Crippen molar-refractivity contribution < 1.29 is 4.52 Å². The fourth-order valence-electron chi connectivity index (χ4n) is 4.11. The highest BCUT2D eigenvalue weighted by Crippen LogP contribution is 2.39. The highest BCUT2D eigenvalue weighted by molar-refractivity contribution is 5.86. The van der Waals surface area contributed by atoms with Crippen LogP contribution in [0.25, 0.3) is 10.8 Å². The van der Waals surface area contributed by atoms with Gasteiger partial charge in [0.25, 0.3) is 0 Å². The molecule has 2 fully saturated rings. The van der Waals surface area contributed by atoms with Crippen molar-refractivity contribution >= 4 is 10.8 Å². The molecule has 0 amide bonds. The topological polar surface area (TPSA) is 45.4 Å². The molecule has 2 heterocycles. The number of likely N-dealkylation sites (N-methyl/N-ethyl adjacent to an activating group) is 1. The van der Waals surface area contributed by atoms with Gasteiger partial charge in [0, 0.05) is 32.1 Å². The van der Waals surface area contributed by atoms with E-state index in [1.807, 2.05) is 0 Å². The first-order valence-corrected chi connectivity index (χ1v) is 9.92. The SMILES string of the molecule is Cc1ccc2ccccc2c1CN1CCN(C)C(c2nc(C3CC3)no2)C1. The quantitative estimate of drug-likeness (QED) is 0.704. The maximum Gasteiger partial charge on any atom is 0.245 e. The van der Waals surface area contributed by atoms with Crippen LogP contribution in [0, 0.1) is 6.92 Å². The Morgan fingerprint density at radius 1 is 1.11 bits per heavy atom. The minimum atomic E-state index is 0.175. The molecule has 0 N–H and O–H groups in total. The Balaban J connectivity index is 1.39. The molecule has 1 aliphatic heterocycles. The van der Waals surface area contributed by atoms with E-state index in [2.05, 4.69) is 65.3 Å². The predicted molar refractivity (Wildman–Crippen MR) is 106 cm³/mol. The molecule has 5 nitrogen and oxygen atoms in total. The van der Waals surface area contributed by atoms with Gasteiger partial charge in [0.05, 0.1) is 0 Å². The normalized spacial score (nSPS) is 21.8. The fraction of sp³-hybridized carbons (Fsp3) is 0.455. The van der Waals surface area contributed by atoms with Gasteiger partial charge < -0.3 is 4.52 Å². The van der Waals surface area contributed by atoms with Gasteiger partial charge >= 0.3 is 0 Å². The van der Waals surface area contributed by atoms with Gasteiger partial charge in [0.15, 0.2) is 5.82 Å². The van der Waals surface area contributed by atoms with E-state index in [0.29, 0.717) is 5.92 Å². The minimum absolute atomic E-state index is 0.175. The Bertz CT molecular complexity index is 962. The summed E-state index contributed by atoms with van der Waals surface area (Å²) in [6.07, 6.45) is 2.40. The molecule has 0 spiro atoms. The average Bonchev–Trinajstić information content (AvgIpc) is 3.43. The summed E-state index contributed by atoms with van der Waals surface area (Å²) in [5.41, 5.74) is 2.79. The number of hydrogen-bond acceptors (Lipinski definition) is 5. The van der Waals surface area contributed by atoms with Crippen LogP contribution in [-0.2, 0) is 6.54 Å². The Kier molecular flexibility index (Phi) is 4.21. The van der Waals surface area contributed by atoms with Gasteiger partial charge in [0.1, 0.15) is 6.04 Å². The van der Waals surface area contributed by atoms with Crippen LogP contribution in [0.2, 0.25) is 0 Å². The lowest BCUT2D eigenvalue weighted by molar-refractivity contribution is 0.0716. The second-order valence-corrected chi connectivity index (χ2v) is 8.08. The molecule has 2 aromatic carbocycles. The largest absolute Gasteiger partial charge is 0.338 e. The second kappa shape index (κ2) is 6.73. The Hall–Kier alpha value is -2.24. The number of piperazine rings is 1. The highest BCUT2D eigenvalue weighted by Gasteiger charge is 2.34. The van der Waals surface area contributed by atoms with Gasteiger partial charge in [-0.05, 0) is 48.7 Å². The molecule has 0 radical (unpaired) electrons. The number of fused-ring (bicyclic) bond motifs is 1. The molecule has 1 atom stereocenters. The first-order valence-electron chi connectivity index (χ1n) is 9.92. The molecule has 1 saturated carbocycles. The summed E-state index contributed by atoms with van der Waals surface area (Å²) >= 11 is 0. The fourth-order valence-corrected chi connectivity index (χ4v) is 4.11. The molecule has 1 saturated heterocycles. The molecule has 27 heavy (non-hydrogen) atoms. The van der Waals surface area contributed by atoms with Crippen LogP contribution >= 0.6 is 0 Å². The molecule has 5 heteroatoms. The second-order valence-electron chi connectivity index (χ2n) is 8.08. The molecular weight excluding hydrogens is 336 g/mol. The summed E-state index contributed by atoms with van der Waals surface area (Å²) in [5, 5.41) is 6.90. The maximum atomic E-state index is 5.64. The van der Waals surface area contributed by atoms with Crippen LogP contribution in [-0.4, -0.2) is 46.6 Å². The Labute approximate surface area is 160 Å². The summed E-state index contributed by atoms with van der Waals surface area (Å²) in [4.78, 5) is 9.58. The van der Waals surface area contributed by atoms with Gasteiger partial charge in [-0.15, -0.1) is 0 Å². The van der Waals surface area contributed by atoms with Crippen LogP contribution in [0.1, 0.15) is 47.6 Å². The average molecular weight is 362 g/mol.